The number of carbonyl (C=O) groups excluding carboxylic acids is 1. The van der Waals surface area contributed by atoms with Gasteiger partial charge in [-0.05, 0) is 38.0 Å². The second-order valence-electron chi connectivity index (χ2n) is 7.03. The van der Waals surface area contributed by atoms with Gasteiger partial charge in [0.1, 0.15) is 0 Å². The van der Waals surface area contributed by atoms with E-state index in [4.69, 9.17) is 4.74 Å². The Morgan fingerprint density at radius 3 is 2.55 bits per heavy atom. The molecule has 2 N–H and O–H groups in total. The van der Waals surface area contributed by atoms with Gasteiger partial charge in [-0.15, -0.1) is 12.4 Å². The number of nitrogens with one attached hydrogen (secondary N) is 2. The fourth-order valence-corrected chi connectivity index (χ4v) is 4.28. The lowest BCUT2D eigenvalue weighted by molar-refractivity contribution is -0.123. The van der Waals surface area contributed by atoms with Crippen molar-refractivity contribution in [1.82, 2.24) is 10.6 Å². The second kappa shape index (κ2) is 9.09. The molecular weight excluding hydrogens is 300 g/mol. The van der Waals surface area contributed by atoms with Gasteiger partial charge in [0, 0.05) is 12.6 Å². The van der Waals surface area contributed by atoms with E-state index in [0.29, 0.717) is 25.3 Å². The van der Waals surface area contributed by atoms with Gasteiger partial charge >= 0.3 is 0 Å². The number of hydrogen-bond donors (Lipinski definition) is 2. The number of hydrogen-bond acceptors (Lipinski definition) is 3. The summed E-state index contributed by atoms with van der Waals surface area (Å²) in [4.78, 5) is 12.2. The summed E-state index contributed by atoms with van der Waals surface area (Å²) in [6, 6.07) is 0.626. The minimum absolute atomic E-state index is 0. The Labute approximate surface area is 140 Å². The number of rotatable bonds is 5. The van der Waals surface area contributed by atoms with Crippen LogP contribution in [0.25, 0.3) is 0 Å². The maximum Gasteiger partial charge on any atom is 0.237 e. The standard InChI is InChI=1S/C17H30N2O2.ClH/c20-17(16-12-13-6-4-5-9-15(13)19-16)18-10-11-21-14-7-2-1-3-8-14;/h13-16,19H,1-12H2,(H,18,20);1H. The third-order valence-corrected chi connectivity index (χ3v) is 5.49. The quantitative estimate of drug-likeness (QED) is 0.762. The molecule has 3 rings (SSSR count). The lowest BCUT2D eigenvalue weighted by Crippen LogP contribution is -2.44. The Bertz CT molecular complexity index is 334. The summed E-state index contributed by atoms with van der Waals surface area (Å²) < 4.78 is 5.86. The van der Waals surface area contributed by atoms with Crippen LogP contribution in [0, 0.1) is 5.92 Å². The molecular formula is C17H31ClN2O2. The van der Waals surface area contributed by atoms with Crippen molar-refractivity contribution >= 4 is 18.3 Å². The minimum atomic E-state index is 0. The summed E-state index contributed by atoms with van der Waals surface area (Å²) >= 11 is 0. The topological polar surface area (TPSA) is 50.4 Å². The van der Waals surface area contributed by atoms with Gasteiger partial charge in [-0.3, -0.25) is 4.79 Å². The Morgan fingerprint density at radius 2 is 1.77 bits per heavy atom. The highest BCUT2D eigenvalue weighted by molar-refractivity contribution is 5.85. The number of fused-ring (bicyclic) bond motifs is 1. The summed E-state index contributed by atoms with van der Waals surface area (Å²) in [6.07, 6.45) is 13.0. The summed E-state index contributed by atoms with van der Waals surface area (Å²) in [5, 5.41) is 6.58. The molecule has 1 saturated heterocycles. The fourth-order valence-electron chi connectivity index (χ4n) is 4.28. The maximum atomic E-state index is 12.2. The van der Waals surface area contributed by atoms with Gasteiger partial charge in [-0.2, -0.15) is 0 Å². The monoisotopic (exact) mass is 330 g/mol. The molecule has 0 radical (unpaired) electrons. The van der Waals surface area contributed by atoms with Gasteiger partial charge in [-0.25, -0.2) is 0 Å². The molecule has 5 heteroatoms. The third kappa shape index (κ3) is 4.84. The largest absolute Gasteiger partial charge is 0.376 e. The molecule has 22 heavy (non-hydrogen) atoms. The molecule has 0 spiro atoms. The van der Waals surface area contributed by atoms with E-state index in [-0.39, 0.29) is 24.4 Å². The van der Waals surface area contributed by atoms with Crippen LogP contribution in [0.3, 0.4) is 0 Å². The van der Waals surface area contributed by atoms with Crippen molar-refractivity contribution in [2.24, 2.45) is 5.92 Å². The summed E-state index contributed by atoms with van der Waals surface area (Å²) in [6.45, 7) is 1.32. The van der Waals surface area contributed by atoms with E-state index in [1.807, 2.05) is 0 Å². The van der Waals surface area contributed by atoms with Gasteiger partial charge < -0.3 is 15.4 Å². The summed E-state index contributed by atoms with van der Waals surface area (Å²) in [7, 11) is 0. The van der Waals surface area contributed by atoms with Crippen molar-refractivity contribution < 1.29 is 9.53 Å². The molecule has 0 bridgehead atoms. The van der Waals surface area contributed by atoms with Crippen molar-refractivity contribution in [1.29, 1.82) is 0 Å². The molecule has 3 unspecified atom stereocenters. The Morgan fingerprint density at radius 1 is 1.05 bits per heavy atom. The van der Waals surface area contributed by atoms with E-state index in [1.165, 1.54) is 57.8 Å². The van der Waals surface area contributed by atoms with E-state index < -0.39 is 0 Å². The molecule has 128 valence electrons. The molecule has 1 aliphatic heterocycles. The van der Waals surface area contributed by atoms with Crippen LogP contribution in [0.2, 0.25) is 0 Å². The zero-order valence-corrected chi connectivity index (χ0v) is 14.3. The number of halogens is 1. The predicted octanol–water partition coefficient (Wildman–Crippen LogP) is 2.79. The van der Waals surface area contributed by atoms with Crippen molar-refractivity contribution in [2.75, 3.05) is 13.2 Å². The molecule has 0 aromatic heterocycles. The second-order valence-corrected chi connectivity index (χ2v) is 7.03. The zero-order valence-electron chi connectivity index (χ0n) is 13.5. The Kier molecular flexibility index (Phi) is 7.45. The third-order valence-electron chi connectivity index (χ3n) is 5.49. The molecule has 1 amide bonds. The number of ether oxygens (including phenoxy) is 1. The molecule has 0 aromatic carbocycles. The summed E-state index contributed by atoms with van der Waals surface area (Å²) in [5.41, 5.74) is 0. The highest BCUT2D eigenvalue weighted by Gasteiger charge is 2.37. The zero-order chi connectivity index (χ0) is 14.5. The van der Waals surface area contributed by atoms with Gasteiger partial charge in [-0.1, -0.05) is 32.1 Å². The van der Waals surface area contributed by atoms with Crippen LogP contribution in [-0.2, 0) is 9.53 Å². The average Bonchev–Trinajstić information content (AvgIpc) is 2.96. The van der Waals surface area contributed by atoms with E-state index in [0.717, 1.165) is 12.3 Å². The first kappa shape index (κ1) is 18.0. The lowest BCUT2D eigenvalue weighted by atomic mass is 9.85. The normalized spacial score (nSPS) is 32.1. The van der Waals surface area contributed by atoms with Crippen molar-refractivity contribution in [3.63, 3.8) is 0 Å². The number of carbonyl (C=O) groups is 1. The first-order chi connectivity index (χ1) is 10.3. The first-order valence-electron chi connectivity index (χ1n) is 8.98. The van der Waals surface area contributed by atoms with Crippen LogP contribution in [0.1, 0.15) is 64.2 Å². The molecule has 3 atom stereocenters. The first-order valence-corrected chi connectivity index (χ1v) is 8.98. The molecule has 3 aliphatic rings. The van der Waals surface area contributed by atoms with E-state index in [2.05, 4.69) is 10.6 Å². The Hall–Kier alpha value is -0.320. The van der Waals surface area contributed by atoms with Crippen LogP contribution in [0.15, 0.2) is 0 Å². The van der Waals surface area contributed by atoms with Gasteiger partial charge in [0.05, 0.1) is 18.8 Å². The summed E-state index contributed by atoms with van der Waals surface area (Å²) in [5.74, 6) is 0.907. The predicted molar refractivity (Wildman–Crippen MR) is 90.4 cm³/mol. The van der Waals surface area contributed by atoms with Gasteiger partial charge in [0.25, 0.3) is 0 Å². The van der Waals surface area contributed by atoms with Crippen molar-refractivity contribution in [3.8, 4) is 0 Å². The van der Waals surface area contributed by atoms with Crippen molar-refractivity contribution in [3.05, 3.63) is 0 Å². The van der Waals surface area contributed by atoms with E-state index >= 15 is 0 Å². The average molecular weight is 331 g/mol. The molecule has 2 aliphatic carbocycles. The van der Waals surface area contributed by atoms with Crippen molar-refractivity contribution in [2.45, 2.75) is 82.4 Å². The van der Waals surface area contributed by atoms with E-state index in [9.17, 15) is 4.79 Å². The van der Waals surface area contributed by atoms with E-state index in [1.54, 1.807) is 0 Å². The van der Waals surface area contributed by atoms with Gasteiger partial charge in [0.2, 0.25) is 5.91 Å². The highest BCUT2D eigenvalue weighted by atomic mass is 35.5. The minimum Gasteiger partial charge on any atom is -0.376 e. The molecule has 4 nitrogen and oxygen atoms in total. The highest BCUT2D eigenvalue weighted by Crippen LogP contribution is 2.33. The lowest BCUT2D eigenvalue weighted by Gasteiger charge is -2.24. The van der Waals surface area contributed by atoms with Gasteiger partial charge in [0.15, 0.2) is 0 Å². The van der Waals surface area contributed by atoms with Crippen LogP contribution in [0.5, 0.6) is 0 Å². The fraction of sp³-hybridized carbons (Fsp3) is 0.941. The molecule has 0 aromatic rings. The molecule has 1 heterocycles. The SMILES string of the molecule is Cl.O=C(NCCOC1CCCCC1)C1CC2CCCCC2N1. The van der Waals surface area contributed by atoms with Crippen LogP contribution in [0.4, 0.5) is 0 Å². The molecule has 2 saturated carbocycles. The number of amides is 1. The Balaban J connectivity index is 0.00000176. The maximum absolute atomic E-state index is 12.2. The van der Waals surface area contributed by atoms with Crippen LogP contribution < -0.4 is 10.6 Å². The van der Waals surface area contributed by atoms with Crippen LogP contribution in [-0.4, -0.2) is 37.2 Å². The van der Waals surface area contributed by atoms with Crippen LogP contribution >= 0.6 is 12.4 Å². The smallest absolute Gasteiger partial charge is 0.237 e. The molecule has 3 fully saturated rings.